The van der Waals surface area contributed by atoms with Crippen LogP contribution in [0.5, 0.6) is 0 Å². The fourth-order valence-corrected chi connectivity index (χ4v) is 1.64. The smallest absolute Gasteiger partial charge is 0.209 e. The molecule has 1 rings (SSSR count). The van der Waals surface area contributed by atoms with Gasteiger partial charge in [0.15, 0.2) is 0 Å². The van der Waals surface area contributed by atoms with Crippen molar-refractivity contribution in [1.82, 2.24) is 4.72 Å². The lowest BCUT2D eigenvalue weighted by molar-refractivity contribution is 0.185. The van der Waals surface area contributed by atoms with Gasteiger partial charge in [-0.1, -0.05) is 24.3 Å². The second-order valence-corrected chi connectivity index (χ2v) is 5.18. The molecular formula is C10H15NO3S. The summed E-state index contributed by atoms with van der Waals surface area (Å²) in [6.45, 7) is 0.850. The molecule has 0 saturated heterocycles. The molecule has 15 heavy (non-hydrogen) atoms. The van der Waals surface area contributed by atoms with Crippen molar-refractivity contribution in [3.8, 4) is 0 Å². The predicted octanol–water partition coefficient (Wildman–Crippen LogP) is 0.882. The van der Waals surface area contributed by atoms with E-state index in [0.717, 1.165) is 17.4 Å². The average Bonchev–Trinajstić information content (AvgIpc) is 2.15. The second kappa shape index (κ2) is 5.25. The average molecular weight is 229 g/mol. The first-order valence-corrected chi connectivity index (χ1v) is 6.42. The van der Waals surface area contributed by atoms with E-state index < -0.39 is 10.0 Å². The molecule has 0 amide bonds. The summed E-state index contributed by atoms with van der Waals surface area (Å²) in [7, 11) is -1.50. The van der Waals surface area contributed by atoms with Gasteiger partial charge in [-0.25, -0.2) is 13.1 Å². The van der Waals surface area contributed by atoms with Crippen molar-refractivity contribution < 1.29 is 13.2 Å². The number of ether oxygens (including phenoxy) is 1. The van der Waals surface area contributed by atoms with Gasteiger partial charge in [0.05, 0.1) is 12.9 Å². The molecule has 0 atom stereocenters. The summed E-state index contributed by atoms with van der Waals surface area (Å²) in [6, 6.07) is 7.61. The van der Waals surface area contributed by atoms with E-state index in [4.69, 9.17) is 4.74 Å². The number of sulfonamides is 1. The van der Waals surface area contributed by atoms with Crippen molar-refractivity contribution in [3.05, 3.63) is 35.4 Å². The molecule has 1 aromatic carbocycles. The maximum absolute atomic E-state index is 10.9. The van der Waals surface area contributed by atoms with E-state index in [2.05, 4.69) is 4.72 Å². The highest BCUT2D eigenvalue weighted by Crippen LogP contribution is 2.06. The van der Waals surface area contributed by atoms with Gasteiger partial charge in [-0.15, -0.1) is 0 Å². The Morgan fingerprint density at radius 1 is 1.33 bits per heavy atom. The van der Waals surface area contributed by atoms with Crippen molar-refractivity contribution in [2.24, 2.45) is 0 Å². The molecule has 1 aromatic rings. The van der Waals surface area contributed by atoms with Gasteiger partial charge in [0.2, 0.25) is 10.0 Å². The summed E-state index contributed by atoms with van der Waals surface area (Å²) < 4.78 is 29.2. The molecule has 0 bridgehead atoms. The van der Waals surface area contributed by atoms with Crippen LogP contribution in [0.15, 0.2) is 24.3 Å². The Labute approximate surface area is 90.3 Å². The van der Waals surface area contributed by atoms with Gasteiger partial charge in [0.1, 0.15) is 0 Å². The summed E-state index contributed by atoms with van der Waals surface area (Å²) in [5.41, 5.74) is 1.96. The SMILES string of the molecule is COCc1cccc(CNS(C)(=O)=O)c1. The number of nitrogens with one attached hydrogen (secondary N) is 1. The molecule has 0 spiro atoms. The van der Waals surface area contributed by atoms with Crippen molar-refractivity contribution in [1.29, 1.82) is 0 Å². The molecule has 0 unspecified atom stereocenters. The summed E-state index contributed by atoms with van der Waals surface area (Å²) in [4.78, 5) is 0. The van der Waals surface area contributed by atoms with Crippen LogP contribution in [0.4, 0.5) is 0 Å². The highest BCUT2D eigenvalue weighted by Gasteiger charge is 2.01. The molecule has 0 saturated carbocycles. The minimum absolute atomic E-state index is 0.316. The molecule has 1 N–H and O–H groups in total. The number of hydrogen-bond acceptors (Lipinski definition) is 3. The molecule has 4 nitrogen and oxygen atoms in total. The third kappa shape index (κ3) is 4.92. The van der Waals surface area contributed by atoms with Crippen LogP contribution in [-0.2, 0) is 27.9 Å². The van der Waals surface area contributed by atoms with E-state index in [1.54, 1.807) is 7.11 Å². The summed E-state index contributed by atoms with van der Waals surface area (Å²) in [6.07, 6.45) is 1.14. The zero-order valence-corrected chi connectivity index (χ0v) is 9.67. The van der Waals surface area contributed by atoms with Gasteiger partial charge in [-0.2, -0.15) is 0 Å². The van der Waals surface area contributed by atoms with Gasteiger partial charge in [0, 0.05) is 13.7 Å². The van der Waals surface area contributed by atoms with Crippen LogP contribution in [0, 0.1) is 0 Å². The molecule has 0 heterocycles. The Bertz CT molecular complexity index is 414. The van der Waals surface area contributed by atoms with Gasteiger partial charge >= 0.3 is 0 Å². The zero-order chi connectivity index (χ0) is 11.3. The lowest BCUT2D eigenvalue weighted by Crippen LogP contribution is -2.21. The molecule has 0 aliphatic heterocycles. The third-order valence-electron chi connectivity index (χ3n) is 1.84. The van der Waals surface area contributed by atoms with Gasteiger partial charge in [-0.05, 0) is 11.1 Å². The Morgan fingerprint density at radius 3 is 2.60 bits per heavy atom. The van der Waals surface area contributed by atoms with Crippen LogP contribution in [0.2, 0.25) is 0 Å². The highest BCUT2D eigenvalue weighted by molar-refractivity contribution is 7.88. The summed E-state index contributed by atoms with van der Waals surface area (Å²) >= 11 is 0. The number of hydrogen-bond donors (Lipinski definition) is 1. The lowest BCUT2D eigenvalue weighted by atomic mass is 10.1. The van der Waals surface area contributed by atoms with Crippen LogP contribution < -0.4 is 4.72 Å². The van der Waals surface area contributed by atoms with E-state index in [1.807, 2.05) is 24.3 Å². The first-order chi connectivity index (χ1) is 7.01. The van der Waals surface area contributed by atoms with Crippen molar-refractivity contribution in [3.63, 3.8) is 0 Å². The van der Waals surface area contributed by atoms with Crippen molar-refractivity contribution >= 4 is 10.0 Å². The van der Waals surface area contributed by atoms with Crippen LogP contribution >= 0.6 is 0 Å². The Morgan fingerprint density at radius 2 is 2.00 bits per heavy atom. The quantitative estimate of drug-likeness (QED) is 0.815. The molecular weight excluding hydrogens is 214 g/mol. The topological polar surface area (TPSA) is 55.4 Å². The monoisotopic (exact) mass is 229 g/mol. The molecule has 0 fully saturated rings. The summed E-state index contributed by atoms with van der Waals surface area (Å²) in [5, 5.41) is 0. The predicted molar refractivity (Wildman–Crippen MR) is 58.8 cm³/mol. The van der Waals surface area contributed by atoms with Crippen molar-refractivity contribution in [2.45, 2.75) is 13.2 Å². The van der Waals surface area contributed by atoms with Crippen LogP contribution in [0.1, 0.15) is 11.1 Å². The number of benzene rings is 1. The largest absolute Gasteiger partial charge is 0.380 e. The first-order valence-electron chi connectivity index (χ1n) is 4.52. The summed E-state index contributed by atoms with van der Waals surface area (Å²) in [5.74, 6) is 0. The third-order valence-corrected chi connectivity index (χ3v) is 2.51. The molecule has 0 aliphatic rings. The fraction of sp³-hybridized carbons (Fsp3) is 0.400. The van der Waals surface area contributed by atoms with Crippen LogP contribution in [0.3, 0.4) is 0 Å². The molecule has 0 aliphatic carbocycles. The molecule has 0 aromatic heterocycles. The Balaban J connectivity index is 2.65. The van der Waals surface area contributed by atoms with E-state index in [-0.39, 0.29) is 0 Å². The maximum atomic E-state index is 10.9. The normalized spacial score (nSPS) is 11.6. The molecule has 5 heteroatoms. The first kappa shape index (κ1) is 12.2. The number of rotatable bonds is 5. The fourth-order valence-electron chi connectivity index (χ4n) is 1.21. The van der Waals surface area contributed by atoms with Crippen molar-refractivity contribution in [2.75, 3.05) is 13.4 Å². The van der Waals surface area contributed by atoms with Crippen LogP contribution in [-0.4, -0.2) is 21.8 Å². The van der Waals surface area contributed by atoms with Gasteiger partial charge < -0.3 is 4.74 Å². The second-order valence-electron chi connectivity index (χ2n) is 3.35. The van der Waals surface area contributed by atoms with Gasteiger partial charge in [0.25, 0.3) is 0 Å². The van der Waals surface area contributed by atoms with Crippen LogP contribution in [0.25, 0.3) is 0 Å². The molecule has 84 valence electrons. The minimum Gasteiger partial charge on any atom is -0.380 e. The lowest BCUT2D eigenvalue weighted by Gasteiger charge is -2.05. The number of methoxy groups -OCH3 is 1. The molecule has 0 radical (unpaired) electrons. The van der Waals surface area contributed by atoms with E-state index in [1.165, 1.54) is 0 Å². The standard InChI is InChI=1S/C10H15NO3S/c1-14-8-10-5-3-4-9(6-10)7-11-15(2,12)13/h3-6,11H,7-8H2,1-2H3. The Hall–Kier alpha value is -0.910. The Kier molecular flexibility index (Phi) is 4.26. The zero-order valence-electron chi connectivity index (χ0n) is 8.86. The van der Waals surface area contributed by atoms with E-state index in [0.29, 0.717) is 13.2 Å². The van der Waals surface area contributed by atoms with Gasteiger partial charge in [-0.3, -0.25) is 0 Å². The highest BCUT2D eigenvalue weighted by atomic mass is 32.2. The maximum Gasteiger partial charge on any atom is 0.209 e. The minimum atomic E-state index is -3.13. The van der Waals surface area contributed by atoms with E-state index >= 15 is 0 Å². The van der Waals surface area contributed by atoms with E-state index in [9.17, 15) is 8.42 Å².